The monoisotopic (exact) mass is 452 g/mol. The van der Waals surface area contributed by atoms with Crippen molar-refractivity contribution in [2.75, 3.05) is 0 Å². The van der Waals surface area contributed by atoms with Crippen molar-refractivity contribution in [1.82, 2.24) is 0 Å². The lowest BCUT2D eigenvalue weighted by atomic mass is 9.96. The first-order chi connectivity index (χ1) is 15.0. The van der Waals surface area contributed by atoms with E-state index in [0.717, 1.165) is 56.4 Å². The number of hydrogen-bond donors (Lipinski definition) is 2. The molecule has 0 saturated carbocycles. The van der Waals surface area contributed by atoms with Gasteiger partial charge in [-0.3, -0.25) is 9.59 Å². The van der Waals surface area contributed by atoms with Crippen LogP contribution in [0.15, 0.2) is 18.2 Å². The van der Waals surface area contributed by atoms with E-state index >= 15 is 0 Å². The number of halogens is 1. The predicted octanol–water partition coefficient (Wildman–Crippen LogP) is 7.84. The molecule has 1 aromatic rings. The Hall–Kier alpha value is -1.55. The van der Waals surface area contributed by atoms with Crippen LogP contribution >= 0.6 is 11.6 Å². The van der Waals surface area contributed by atoms with Gasteiger partial charge in [0.2, 0.25) is 0 Å². The molecule has 0 heterocycles. The molecule has 1 aromatic carbocycles. The minimum Gasteiger partial charge on any atom is -0.481 e. The summed E-state index contributed by atoms with van der Waals surface area (Å²) in [6, 6.07) is 6.32. The van der Waals surface area contributed by atoms with Crippen LogP contribution in [-0.4, -0.2) is 22.2 Å². The number of benzene rings is 1. The van der Waals surface area contributed by atoms with Gasteiger partial charge < -0.3 is 10.2 Å². The van der Waals surface area contributed by atoms with Gasteiger partial charge in [0.1, 0.15) is 0 Å². The van der Waals surface area contributed by atoms with Gasteiger partial charge in [0.15, 0.2) is 0 Å². The summed E-state index contributed by atoms with van der Waals surface area (Å²) in [4.78, 5) is 21.0. The molecule has 0 aromatic heterocycles. The van der Waals surface area contributed by atoms with Crippen LogP contribution in [0.3, 0.4) is 0 Å². The molecule has 0 aliphatic heterocycles. The third-order valence-electron chi connectivity index (χ3n) is 5.84. The van der Waals surface area contributed by atoms with E-state index in [4.69, 9.17) is 21.8 Å². The summed E-state index contributed by atoms with van der Waals surface area (Å²) in [6.07, 6.45) is 18.3. The number of rotatable bonds is 20. The Morgan fingerprint density at radius 3 is 1.42 bits per heavy atom. The Morgan fingerprint density at radius 1 is 0.581 bits per heavy atom. The molecule has 0 radical (unpaired) electrons. The Balaban J connectivity index is 2.14. The lowest BCUT2D eigenvalue weighted by Gasteiger charge is -2.11. The summed E-state index contributed by atoms with van der Waals surface area (Å²) in [5.74, 6) is -1.38. The summed E-state index contributed by atoms with van der Waals surface area (Å²) in [7, 11) is 0. The van der Waals surface area contributed by atoms with E-state index in [1.807, 2.05) is 6.07 Å². The molecule has 0 fully saturated rings. The third-order valence-corrected chi connectivity index (χ3v) is 6.08. The summed E-state index contributed by atoms with van der Waals surface area (Å²) in [6.45, 7) is 0. The molecule has 0 bridgehead atoms. The normalized spacial score (nSPS) is 11.0. The van der Waals surface area contributed by atoms with Gasteiger partial charge in [-0.05, 0) is 61.8 Å². The fourth-order valence-corrected chi connectivity index (χ4v) is 4.22. The van der Waals surface area contributed by atoms with Crippen molar-refractivity contribution in [3.8, 4) is 0 Å². The van der Waals surface area contributed by atoms with E-state index in [1.165, 1.54) is 62.5 Å². The van der Waals surface area contributed by atoms with Gasteiger partial charge in [0, 0.05) is 17.9 Å². The topological polar surface area (TPSA) is 74.6 Å². The quantitative estimate of drug-likeness (QED) is 0.197. The molecule has 0 unspecified atom stereocenters. The first-order valence-corrected chi connectivity index (χ1v) is 12.6. The highest BCUT2D eigenvalue weighted by atomic mass is 35.5. The van der Waals surface area contributed by atoms with Crippen molar-refractivity contribution in [1.29, 1.82) is 0 Å². The smallest absolute Gasteiger partial charge is 0.303 e. The van der Waals surface area contributed by atoms with Gasteiger partial charge in [-0.25, -0.2) is 0 Å². The number of hydrogen-bond acceptors (Lipinski definition) is 2. The SMILES string of the molecule is O=C(O)CCCCCCCCCc1ccc(Cl)cc1CCCCCCCCCC(=O)O. The second-order valence-corrected chi connectivity index (χ2v) is 9.09. The van der Waals surface area contributed by atoms with Crippen LogP contribution in [0.25, 0.3) is 0 Å². The first-order valence-electron chi connectivity index (χ1n) is 12.2. The molecule has 0 aliphatic carbocycles. The van der Waals surface area contributed by atoms with E-state index in [1.54, 1.807) is 0 Å². The maximum Gasteiger partial charge on any atom is 0.303 e. The molecule has 5 heteroatoms. The average Bonchev–Trinajstić information content (AvgIpc) is 2.72. The Labute approximate surface area is 193 Å². The van der Waals surface area contributed by atoms with E-state index < -0.39 is 11.9 Å². The molecule has 1 rings (SSSR count). The highest BCUT2D eigenvalue weighted by Crippen LogP contribution is 2.21. The minimum atomic E-state index is -0.690. The van der Waals surface area contributed by atoms with Crippen LogP contribution in [0.1, 0.15) is 114 Å². The van der Waals surface area contributed by atoms with Gasteiger partial charge in [0.05, 0.1) is 0 Å². The van der Waals surface area contributed by atoms with Gasteiger partial charge in [-0.2, -0.15) is 0 Å². The fraction of sp³-hybridized carbons (Fsp3) is 0.692. The zero-order valence-corrected chi connectivity index (χ0v) is 19.8. The van der Waals surface area contributed by atoms with E-state index in [-0.39, 0.29) is 0 Å². The maximum absolute atomic E-state index is 10.5. The number of carboxylic acid groups (broad SMARTS) is 2. The van der Waals surface area contributed by atoms with Crippen molar-refractivity contribution >= 4 is 23.5 Å². The zero-order valence-electron chi connectivity index (χ0n) is 19.0. The lowest BCUT2D eigenvalue weighted by molar-refractivity contribution is -0.138. The van der Waals surface area contributed by atoms with Gasteiger partial charge in [-0.1, -0.05) is 81.9 Å². The summed E-state index contributed by atoms with van der Waals surface area (Å²) < 4.78 is 0. The van der Waals surface area contributed by atoms with Gasteiger partial charge in [0.25, 0.3) is 0 Å². The molecular weight excluding hydrogens is 412 g/mol. The Kier molecular flexibility index (Phi) is 16.0. The molecule has 4 nitrogen and oxygen atoms in total. The molecule has 0 atom stereocenters. The van der Waals surface area contributed by atoms with Crippen LogP contribution in [0, 0.1) is 0 Å². The lowest BCUT2D eigenvalue weighted by Crippen LogP contribution is -1.96. The Morgan fingerprint density at radius 2 is 0.968 bits per heavy atom. The van der Waals surface area contributed by atoms with Crippen molar-refractivity contribution in [3.63, 3.8) is 0 Å². The van der Waals surface area contributed by atoms with Crippen molar-refractivity contribution in [2.45, 2.75) is 116 Å². The standard InChI is InChI=1S/C26H41ClO4/c27-24-20-19-22(15-11-7-3-1-5-9-13-17-25(28)29)23(21-24)16-12-8-4-2-6-10-14-18-26(30)31/h19-21H,1-18H2,(H,28,29)(H,30,31). The highest BCUT2D eigenvalue weighted by molar-refractivity contribution is 6.30. The molecule has 2 N–H and O–H groups in total. The van der Waals surface area contributed by atoms with Crippen molar-refractivity contribution in [3.05, 3.63) is 34.3 Å². The van der Waals surface area contributed by atoms with E-state index in [0.29, 0.717) is 12.8 Å². The number of carbonyl (C=O) groups is 2. The second-order valence-electron chi connectivity index (χ2n) is 8.65. The Bertz CT molecular complexity index is 630. The average molecular weight is 453 g/mol. The minimum absolute atomic E-state index is 0.296. The molecular formula is C26H41ClO4. The first kappa shape index (κ1) is 27.5. The van der Waals surface area contributed by atoms with Crippen LogP contribution in [0.4, 0.5) is 0 Å². The molecule has 0 aliphatic rings. The molecule has 0 spiro atoms. The zero-order chi connectivity index (χ0) is 22.7. The van der Waals surface area contributed by atoms with E-state index in [2.05, 4.69) is 12.1 Å². The third kappa shape index (κ3) is 15.8. The molecule has 0 saturated heterocycles. The van der Waals surface area contributed by atoms with E-state index in [9.17, 15) is 9.59 Å². The predicted molar refractivity (Wildman–Crippen MR) is 128 cm³/mol. The number of aryl methyl sites for hydroxylation is 2. The van der Waals surface area contributed by atoms with Gasteiger partial charge in [-0.15, -0.1) is 0 Å². The molecule has 176 valence electrons. The molecule has 31 heavy (non-hydrogen) atoms. The number of aliphatic carboxylic acids is 2. The fourth-order valence-electron chi connectivity index (χ4n) is 4.02. The van der Waals surface area contributed by atoms with Crippen molar-refractivity contribution < 1.29 is 19.8 Å². The number of carboxylic acids is 2. The van der Waals surface area contributed by atoms with Crippen LogP contribution < -0.4 is 0 Å². The molecule has 0 amide bonds. The van der Waals surface area contributed by atoms with Crippen molar-refractivity contribution in [2.24, 2.45) is 0 Å². The highest BCUT2D eigenvalue weighted by Gasteiger charge is 2.05. The maximum atomic E-state index is 10.5. The van der Waals surface area contributed by atoms with Crippen LogP contribution in [-0.2, 0) is 22.4 Å². The second kappa shape index (κ2) is 18.1. The number of unbranched alkanes of at least 4 members (excludes halogenated alkanes) is 12. The van der Waals surface area contributed by atoms with Crippen LogP contribution in [0.2, 0.25) is 5.02 Å². The summed E-state index contributed by atoms with van der Waals surface area (Å²) in [5.41, 5.74) is 2.82. The summed E-state index contributed by atoms with van der Waals surface area (Å²) in [5, 5.41) is 18.1. The largest absolute Gasteiger partial charge is 0.481 e. The summed E-state index contributed by atoms with van der Waals surface area (Å²) >= 11 is 6.24. The van der Waals surface area contributed by atoms with Crippen LogP contribution in [0.5, 0.6) is 0 Å². The van der Waals surface area contributed by atoms with Gasteiger partial charge >= 0.3 is 11.9 Å².